The van der Waals surface area contributed by atoms with E-state index >= 15 is 0 Å². The first-order valence-corrected chi connectivity index (χ1v) is 11.8. The number of hydrogen-bond donors (Lipinski definition) is 1. The first kappa shape index (κ1) is 24.9. The molecular formula is C27H25BrN4O4. The van der Waals surface area contributed by atoms with Crippen LogP contribution >= 0.6 is 15.9 Å². The van der Waals surface area contributed by atoms with Crippen LogP contribution in [0, 0.1) is 11.3 Å². The summed E-state index contributed by atoms with van der Waals surface area (Å²) in [6, 6.07) is 19.8. The topological polar surface area (TPSA) is 101 Å². The molecule has 184 valence electrons. The number of rotatable bonds is 6. The molecule has 1 aliphatic heterocycles. The number of nitrogens with zero attached hydrogens (tertiary/aromatic N) is 3. The number of allylic oxidation sites excluding steroid dienone is 1. The molecule has 36 heavy (non-hydrogen) atoms. The fourth-order valence-corrected chi connectivity index (χ4v) is 4.84. The van der Waals surface area contributed by atoms with Crippen LogP contribution in [0.25, 0.3) is 0 Å². The second-order valence-corrected chi connectivity index (χ2v) is 9.08. The molecule has 1 heterocycles. The second-order valence-electron chi connectivity index (χ2n) is 8.23. The molecule has 2 N–H and O–H groups in total. The predicted molar refractivity (Wildman–Crippen MR) is 142 cm³/mol. The van der Waals surface area contributed by atoms with Gasteiger partial charge in [-0.2, -0.15) is 5.26 Å². The first-order chi connectivity index (χ1) is 17.3. The van der Waals surface area contributed by atoms with E-state index in [-0.39, 0.29) is 11.5 Å². The fourth-order valence-electron chi connectivity index (χ4n) is 4.22. The van der Waals surface area contributed by atoms with Crippen LogP contribution in [-0.2, 0) is 0 Å². The average molecular weight is 549 g/mol. The van der Waals surface area contributed by atoms with E-state index in [2.05, 4.69) is 22.0 Å². The number of nitrogens with two attached hydrogens (primary N) is 1. The van der Waals surface area contributed by atoms with Gasteiger partial charge in [-0.15, -0.1) is 0 Å². The van der Waals surface area contributed by atoms with Gasteiger partial charge in [0.05, 0.1) is 30.3 Å². The SMILES string of the molecule is COc1cc(C2C(C#N)=C(N(C(N)=O)c3ccccc3)Oc3cc(N(C)C)ccc32)cc(Br)c1OC. The maximum absolute atomic E-state index is 12.7. The molecule has 1 atom stereocenters. The van der Waals surface area contributed by atoms with Crippen LogP contribution in [0.4, 0.5) is 16.2 Å². The largest absolute Gasteiger partial charge is 0.493 e. The minimum Gasteiger partial charge on any atom is -0.493 e. The standard InChI is InChI=1S/C27H25BrN4O4/c1-31(2)18-10-11-19-22(14-18)36-26(32(27(30)33)17-8-6-5-7-9-17)20(15-29)24(19)16-12-21(28)25(35-4)23(13-16)34-3/h5-14,24H,1-4H3,(H2,30,33). The Morgan fingerprint density at radius 3 is 2.36 bits per heavy atom. The molecule has 1 aliphatic rings. The third-order valence-corrected chi connectivity index (χ3v) is 6.49. The number of primary amides is 1. The summed E-state index contributed by atoms with van der Waals surface area (Å²) in [5.41, 5.74) is 8.92. The van der Waals surface area contributed by atoms with Gasteiger partial charge in [0.25, 0.3) is 0 Å². The molecule has 3 aromatic rings. The number of methoxy groups -OCH3 is 2. The Kier molecular flexibility index (Phi) is 7.08. The lowest BCUT2D eigenvalue weighted by molar-refractivity contribution is 0.251. The summed E-state index contributed by atoms with van der Waals surface area (Å²) in [6.07, 6.45) is 0. The minimum absolute atomic E-state index is 0.0514. The van der Waals surface area contributed by atoms with Crippen LogP contribution < -0.4 is 29.7 Å². The van der Waals surface area contributed by atoms with Gasteiger partial charge in [0.2, 0.25) is 5.88 Å². The lowest BCUT2D eigenvalue weighted by Gasteiger charge is -2.33. The van der Waals surface area contributed by atoms with Gasteiger partial charge >= 0.3 is 6.03 Å². The zero-order chi connectivity index (χ0) is 26.0. The fraction of sp³-hybridized carbons (Fsp3) is 0.185. The van der Waals surface area contributed by atoms with Crippen molar-refractivity contribution < 1.29 is 19.0 Å². The summed E-state index contributed by atoms with van der Waals surface area (Å²) in [7, 11) is 6.94. The molecule has 0 spiro atoms. The highest BCUT2D eigenvalue weighted by Crippen LogP contribution is 2.48. The van der Waals surface area contributed by atoms with Gasteiger partial charge in [0.1, 0.15) is 17.4 Å². The molecule has 0 saturated heterocycles. The minimum atomic E-state index is -0.775. The van der Waals surface area contributed by atoms with E-state index < -0.39 is 11.9 Å². The van der Waals surface area contributed by atoms with Crippen LogP contribution in [0.2, 0.25) is 0 Å². The molecular weight excluding hydrogens is 524 g/mol. The van der Waals surface area contributed by atoms with Crippen molar-refractivity contribution in [2.45, 2.75) is 5.92 Å². The van der Waals surface area contributed by atoms with E-state index in [9.17, 15) is 10.1 Å². The molecule has 0 bridgehead atoms. The van der Waals surface area contributed by atoms with Crippen molar-refractivity contribution in [2.24, 2.45) is 5.73 Å². The number of nitriles is 1. The maximum atomic E-state index is 12.7. The van der Waals surface area contributed by atoms with Gasteiger partial charge < -0.3 is 24.8 Å². The molecule has 0 aromatic heterocycles. The lowest BCUT2D eigenvalue weighted by atomic mass is 9.83. The molecule has 8 nitrogen and oxygen atoms in total. The highest BCUT2D eigenvalue weighted by Gasteiger charge is 2.37. The van der Waals surface area contributed by atoms with Gasteiger partial charge in [-0.3, -0.25) is 0 Å². The van der Waals surface area contributed by atoms with Crippen molar-refractivity contribution in [3.63, 3.8) is 0 Å². The molecule has 0 radical (unpaired) electrons. The van der Waals surface area contributed by atoms with Crippen LogP contribution in [0.3, 0.4) is 0 Å². The van der Waals surface area contributed by atoms with Gasteiger partial charge in [0, 0.05) is 31.4 Å². The molecule has 0 fully saturated rings. The number of anilines is 2. The van der Waals surface area contributed by atoms with Crippen molar-refractivity contribution in [3.8, 4) is 23.3 Å². The number of amides is 2. The Morgan fingerprint density at radius 2 is 1.78 bits per heavy atom. The Morgan fingerprint density at radius 1 is 1.06 bits per heavy atom. The van der Waals surface area contributed by atoms with Crippen LogP contribution in [0.15, 0.2) is 76.6 Å². The summed E-state index contributed by atoms with van der Waals surface area (Å²) >= 11 is 3.56. The number of hydrogen-bond acceptors (Lipinski definition) is 6. The van der Waals surface area contributed by atoms with Gasteiger partial charge in [0.15, 0.2) is 11.5 Å². The van der Waals surface area contributed by atoms with Gasteiger partial charge in [-0.1, -0.05) is 24.3 Å². The molecule has 2 amide bonds. The number of urea groups is 1. The third kappa shape index (κ3) is 4.43. The van der Waals surface area contributed by atoms with Gasteiger partial charge in [-0.25, -0.2) is 9.69 Å². The van der Waals surface area contributed by atoms with Gasteiger partial charge in [-0.05, 0) is 51.8 Å². The number of fused-ring (bicyclic) bond motifs is 1. The van der Waals surface area contributed by atoms with E-state index in [4.69, 9.17) is 19.9 Å². The van der Waals surface area contributed by atoms with E-state index in [1.54, 1.807) is 38.5 Å². The quantitative estimate of drug-likeness (QED) is 0.444. The summed E-state index contributed by atoms with van der Waals surface area (Å²) in [6.45, 7) is 0. The summed E-state index contributed by atoms with van der Waals surface area (Å²) in [5.74, 6) is 1.01. The van der Waals surface area contributed by atoms with Crippen LogP contribution in [0.1, 0.15) is 17.0 Å². The Balaban J connectivity index is 2.02. The summed E-state index contributed by atoms with van der Waals surface area (Å²) < 4.78 is 18.0. The second kappa shape index (κ2) is 10.2. The smallest absolute Gasteiger partial charge is 0.326 e. The monoisotopic (exact) mass is 548 g/mol. The molecule has 3 aromatic carbocycles. The average Bonchev–Trinajstić information content (AvgIpc) is 2.87. The van der Waals surface area contributed by atoms with Crippen LogP contribution in [-0.4, -0.2) is 34.3 Å². The first-order valence-electron chi connectivity index (χ1n) is 11.0. The predicted octanol–water partition coefficient (Wildman–Crippen LogP) is 5.38. The summed E-state index contributed by atoms with van der Waals surface area (Å²) in [5, 5.41) is 10.4. The van der Waals surface area contributed by atoms with Crippen molar-refractivity contribution in [2.75, 3.05) is 38.1 Å². The van der Waals surface area contributed by atoms with E-state index in [0.717, 1.165) is 16.8 Å². The number of carbonyl (C=O) groups excluding carboxylic acids is 1. The van der Waals surface area contributed by atoms with E-state index in [1.807, 2.05) is 55.4 Å². The molecule has 0 aliphatic carbocycles. The molecule has 9 heteroatoms. The normalized spacial score (nSPS) is 14.3. The Labute approximate surface area is 218 Å². The molecule has 4 rings (SSSR count). The third-order valence-electron chi connectivity index (χ3n) is 5.90. The van der Waals surface area contributed by atoms with E-state index in [0.29, 0.717) is 27.4 Å². The number of carbonyl (C=O) groups is 1. The van der Waals surface area contributed by atoms with E-state index in [1.165, 1.54) is 4.90 Å². The highest BCUT2D eigenvalue weighted by molar-refractivity contribution is 9.10. The number of ether oxygens (including phenoxy) is 3. The molecule has 1 unspecified atom stereocenters. The van der Waals surface area contributed by atoms with Crippen molar-refractivity contribution in [3.05, 3.63) is 87.7 Å². The van der Waals surface area contributed by atoms with Crippen molar-refractivity contribution >= 4 is 33.3 Å². The van der Waals surface area contributed by atoms with Crippen LogP contribution in [0.5, 0.6) is 17.2 Å². The van der Waals surface area contributed by atoms with Crippen molar-refractivity contribution in [1.29, 1.82) is 5.26 Å². The maximum Gasteiger partial charge on any atom is 0.326 e. The zero-order valence-electron chi connectivity index (χ0n) is 20.3. The lowest BCUT2D eigenvalue weighted by Crippen LogP contribution is -2.39. The Bertz CT molecular complexity index is 1380. The number of para-hydroxylation sites is 1. The number of halogens is 1. The highest BCUT2D eigenvalue weighted by atomic mass is 79.9. The zero-order valence-corrected chi connectivity index (χ0v) is 21.9. The molecule has 0 saturated carbocycles. The number of benzene rings is 3. The Hall–Kier alpha value is -4.16. The summed E-state index contributed by atoms with van der Waals surface area (Å²) in [4.78, 5) is 15.9. The van der Waals surface area contributed by atoms with Crippen molar-refractivity contribution in [1.82, 2.24) is 0 Å².